The molecule has 0 spiro atoms. The molecule has 220 valence electrons. The predicted octanol–water partition coefficient (Wildman–Crippen LogP) is 10.7. The second-order valence-electron chi connectivity index (χ2n) is 11.9. The average molecular weight is 603 g/mol. The van der Waals surface area contributed by atoms with Crippen molar-refractivity contribution < 1.29 is 4.74 Å². The number of benzene rings is 6. The van der Waals surface area contributed by atoms with Crippen LogP contribution in [0.15, 0.2) is 158 Å². The lowest BCUT2D eigenvalue weighted by atomic mass is 10.0. The van der Waals surface area contributed by atoms with E-state index in [0.717, 1.165) is 77.9 Å². The normalized spacial score (nSPS) is 11.8. The molecule has 47 heavy (non-hydrogen) atoms. The number of imidazole rings is 2. The molecule has 4 aromatic heterocycles. The molecule has 10 aromatic rings. The number of rotatable bonds is 4. The molecule has 0 unspecified atom stereocenters. The predicted molar refractivity (Wildman–Crippen MR) is 191 cm³/mol. The first-order chi connectivity index (χ1) is 23.3. The SMILES string of the molecule is c1ccc(-c2cn3c4ccccc4c4ccc(Oc5ccc6c7ccccc7n7c(-c8ccccc8)cnc7c6c5)cc4c3n2)cc1. The summed E-state index contributed by atoms with van der Waals surface area (Å²) in [6.45, 7) is 0. The van der Waals surface area contributed by atoms with Gasteiger partial charge in [0.25, 0.3) is 0 Å². The van der Waals surface area contributed by atoms with Gasteiger partial charge in [0, 0.05) is 38.9 Å². The highest BCUT2D eigenvalue weighted by molar-refractivity contribution is 6.13. The minimum atomic E-state index is 0.753. The van der Waals surface area contributed by atoms with E-state index in [1.165, 1.54) is 10.8 Å². The van der Waals surface area contributed by atoms with E-state index in [4.69, 9.17) is 14.7 Å². The number of para-hydroxylation sites is 2. The Labute approximate surface area is 269 Å². The van der Waals surface area contributed by atoms with Crippen LogP contribution in [0.4, 0.5) is 0 Å². The van der Waals surface area contributed by atoms with Crippen LogP contribution < -0.4 is 4.74 Å². The molecule has 0 N–H and O–H groups in total. The summed E-state index contributed by atoms with van der Waals surface area (Å²) in [5, 5.41) is 6.71. The van der Waals surface area contributed by atoms with Gasteiger partial charge in [-0.15, -0.1) is 0 Å². The van der Waals surface area contributed by atoms with Gasteiger partial charge < -0.3 is 4.74 Å². The van der Waals surface area contributed by atoms with Crippen molar-refractivity contribution in [2.45, 2.75) is 0 Å². The van der Waals surface area contributed by atoms with Crippen LogP contribution in [-0.2, 0) is 0 Å². The highest BCUT2D eigenvalue weighted by atomic mass is 16.5. The molecule has 4 heterocycles. The fourth-order valence-corrected chi connectivity index (χ4v) is 7.06. The van der Waals surface area contributed by atoms with Gasteiger partial charge >= 0.3 is 0 Å². The van der Waals surface area contributed by atoms with Gasteiger partial charge in [-0.05, 0) is 59.3 Å². The number of aromatic nitrogens is 4. The molecule has 5 heteroatoms. The van der Waals surface area contributed by atoms with E-state index in [9.17, 15) is 0 Å². The van der Waals surface area contributed by atoms with Crippen LogP contribution >= 0.6 is 0 Å². The van der Waals surface area contributed by atoms with Crippen LogP contribution in [0.3, 0.4) is 0 Å². The molecule has 10 rings (SSSR count). The van der Waals surface area contributed by atoms with Gasteiger partial charge in [-0.25, -0.2) is 9.97 Å². The minimum Gasteiger partial charge on any atom is -0.457 e. The molecule has 5 nitrogen and oxygen atoms in total. The van der Waals surface area contributed by atoms with Crippen LogP contribution in [0.1, 0.15) is 0 Å². The van der Waals surface area contributed by atoms with Crippen LogP contribution in [0.25, 0.3) is 77.2 Å². The van der Waals surface area contributed by atoms with Crippen molar-refractivity contribution >= 4 is 54.6 Å². The van der Waals surface area contributed by atoms with Gasteiger partial charge in [-0.3, -0.25) is 8.80 Å². The van der Waals surface area contributed by atoms with E-state index in [-0.39, 0.29) is 0 Å². The molecule has 6 aromatic carbocycles. The first kappa shape index (κ1) is 25.8. The van der Waals surface area contributed by atoms with Gasteiger partial charge in [0.15, 0.2) is 0 Å². The zero-order valence-electron chi connectivity index (χ0n) is 25.2. The van der Waals surface area contributed by atoms with E-state index in [2.05, 4.69) is 136 Å². The van der Waals surface area contributed by atoms with Crippen molar-refractivity contribution in [3.05, 3.63) is 158 Å². The fraction of sp³-hybridized carbons (Fsp3) is 0. The third kappa shape index (κ3) is 3.97. The van der Waals surface area contributed by atoms with E-state index < -0.39 is 0 Å². The van der Waals surface area contributed by atoms with Crippen molar-refractivity contribution in [1.29, 1.82) is 0 Å². The summed E-state index contributed by atoms with van der Waals surface area (Å²) in [5.74, 6) is 1.51. The molecule has 0 aliphatic rings. The first-order valence-electron chi connectivity index (χ1n) is 15.7. The number of nitrogens with zero attached hydrogens (tertiary/aromatic N) is 4. The summed E-state index contributed by atoms with van der Waals surface area (Å²) >= 11 is 0. The number of hydrogen-bond acceptors (Lipinski definition) is 3. The summed E-state index contributed by atoms with van der Waals surface area (Å²) in [5.41, 5.74) is 8.27. The van der Waals surface area contributed by atoms with E-state index in [1.54, 1.807) is 0 Å². The highest BCUT2D eigenvalue weighted by Crippen LogP contribution is 2.38. The van der Waals surface area contributed by atoms with E-state index in [1.807, 2.05) is 30.5 Å². The molecule has 0 radical (unpaired) electrons. The minimum absolute atomic E-state index is 0.753. The summed E-state index contributed by atoms with van der Waals surface area (Å²) in [7, 11) is 0. The second-order valence-corrected chi connectivity index (χ2v) is 11.9. The maximum atomic E-state index is 6.63. The van der Waals surface area contributed by atoms with Gasteiger partial charge in [0.2, 0.25) is 0 Å². The second kappa shape index (κ2) is 10.0. The average Bonchev–Trinajstić information content (AvgIpc) is 3.79. The van der Waals surface area contributed by atoms with Gasteiger partial charge in [0.05, 0.1) is 28.6 Å². The summed E-state index contributed by atoms with van der Waals surface area (Å²) in [4.78, 5) is 10.1. The molecular formula is C42H26N4O. The molecule has 0 atom stereocenters. The first-order valence-corrected chi connectivity index (χ1v) is 15.7. The quantitative estimate of drug-likeness (QED) is 0.188. The zero-order chi connectivity index (χ0) is 30.9. The number of pyridine rings is 2. The molecule has 0 aliphatic carbocycles. The molecule has 0 amide bonds. The summed E-state index contributed by atoms with van der Waals surface area (Å²) in [6.07, 6.45) is 4.10. The molecular weight excluding hydrogens is 576 g/mol. The lowest BCUT2D eigenvalue weighted by molar-refractivity contribution is 0.484. The Kier molecular flexibility index (Phi) is 5.51. The lowest BCUT2D eigenvalue weighted by Crippen LogP contribution is -1.94. The van der Waals surface area contributed by atoms with Crippen molar-refractivity contribution in [3.8, 4) is 34.0 Å². The molecule has 0 bridgehead atoms. The Morgan fingerprint density at radius 2 is 1.04 bits per heavy atom. The standard InChI is InChI=1S/C42H26N4O/c1-3-11-27(12-4-1)37-26-45-38-17-9-7-15-33(38)31-21-19-30(24-36(31)42(45)44-37)47-29-20-22-32-34-16-8-10-18-39(34)46-40(28-13-5-2-6-14-28)25-43-41(46)35(32)23-29/h1-26H. The zero-order valence-corrected chi connectivity index (χ0v) is 25.2. The maximum absolute atomic E-state index is 6.63. The van der Waals surface area contributed by atoms with Crippen LogP contribution in [0.5, 0.6) is 11.5 Å². The van der Waals surface area contributed by atoms with Gasteiger partial charge in [-0.2, -0.15) is 0 Å². The van der Waals surface area contributed by atoms with Crippen LogP contribution in [0.2, 0.25) is 0 Å². The van der Waals surface area contributed by atoms with Crippen molar-refractivity contribution in [1.82, 2.24) is 18.8 Å². The van der Waals surface area contributed by atoms with E-state index in [0.29, 0.717) is 0 Å². The van der Waals surface area contributed by atoms with Crippen molar-refractivity contribution in [2.75, 3.05) is 0 Å². The highest BCUT2D eigenvalue weighted by Gasteiger charge is 2.17. The summed E-state index contributed by atoms with van der Waals surface area (Å²) < 4.78 is 11.1. The molecule has 0 saturated heterocycles. The van der Waals surface area contributed by atoms with E-state index >= 15 is 0 Å². The topological polar surface area (TPSA) is 43.8 Å². The number of ether oxygens (including phenoxy) is 1. The molecule has 0 fully saturated rings. The van der Waals surface area contributed by atoms with Crippen molar-refractivity contribution in [2.24, 2.45) is 0 Å². The Balaban J connectivity index is 1.15. The number of hydrogen-bond donors (Lipinski definition) is 0. The van der Waals surface area contributed by atoms with Crippen molar-refractivity contribution in [3.63, 3.8) is 0 Å². The Bertz CT molecular complexity index is 2770. The monoisotopic (exact) mass is 602 g/mol. The molecule has 0 saturated carbocycles. The Morgan fingerprint density at radius 3 is 1.74 bits per heavy atom. The fourth-order valence-electron chi connectivity index (χ4n) is 7.06. The van der Waals surface area contributed by atoms with Gasteiger partial charge in [0.1, 0.15) is 22.8 Å². The smallest absolute Gasteiger partial charge is 0.146 e. The van der Waals surface area contributed by atoms with Gasteiger partial charge in [-0.1, -0.05) is 97.1 Å². The van der Waals surface area contributed by atoms with Crippen LogP contribution in [0, 0.1) is 0 Å². The third-order valence-corrected chi connectivity index (χ3v) is 9.20. The third-order valence-electron chi connectivity index (χ3n) is 9.20. The maximum Gasteiger partial charge on any atom is 0.146 e. The number of fused-ring (bicyclic) bond motifs is 12. The largest absolute Gasteiger partial charge is 0.457 e. The lowest BCUT2D eigenvalue weighted by Gasteiger charge is -2.13. The molecule has 0 aliphatic heterocycles. The Hall–Kier alpha value is -6.46. The Morgan fingerprint density at radius 1 is 0.468 bits per heavy atom. The summed E-state index contributed by atoms with van der Waals surface area (Å²) in [6, 6.07) is 50.4. The van der Waals surface area contributed by atoms with Crippen LogP contribution in [-0.4, -0.2) is 18.8 Å².